The van der Waals surface area contributed by atoms with E-state index < -0.39 is 120 Å². The van der Waals surface area contributed by atoms with Crippen LogP contribution >= 0.6 is 0 Å². The largest absolute Gasteiger partial charge is 0.508 e. The van der Waals surface area contributed by atoms with Gasteiger partial charge in [0, 0.05) is 85.1 Å². The van der Waals surface area contributed by atoms with E-state index >= 15 is 19.2 Å². The van der Waals surface area contributed by atoms with E-state index in [0.29, 0.717) is 56.9 Å². The quantitative estimate of drug-likeness (QED) is 0.0210. The zero-order valence-electron chi connectivity index (χ0n) is 55.5. The molecule has 28 nitrogen and oxygen atoms in total. The predicted octanol–water partition coefficient (Wildman–Crippen LogP) is 0.636. The number of carbonyl (C=O) groups is 10. The van der Waals surface area contributed by atoms with Gasteiger partial charge in [0.1, 0.15) is 29.9 Å². The number of ether oxygens (including phenoxy) is 2. The molecule has 1 fully saturated rings. The van der Waals surface area contributed by atoms with Gasteiger partial charge in [-0.1, -0.05) is 86.6 Å². The van der Waals surface area contributed by atoms with E-state index in [9.17, 15) is 33.9 Å². The smallest absolute Gasteiger partial charge is 0.245 e. The van der Waals surface area contributed by atoms with Gasteiger partial charge >= 0.3 is 0 Å². The predicted molar refractivity (Wildman–Crippen MR) is 358 cm³/mol. The molecule has 1 heterocycles. The number of likely N-dealkylation sites (tertiary alicyclic amines) is 1. The van der Waals surface area contributed by atoms with Crippen molar-refractivity contribution in [3.8, 4) is 5.75 Å². The fourth-order valence-corrected chi connectivity index (χ4v) is 11.4. The number of benzene rings is 3. The molecule has 8 amide bonds. The average Bonchev–Trinajstić information content (AvgIpc) is 1.80. The number of phenols is 1. The second-order valence-corrected chi connectivity index (χ2v) is 24.5. The molecule has 1 saturated heterocycles. The molecule has 0 aliphatic carbocycles. The molecule has 3 aromatic carbocycles. The summed E-state index contributed by atoms with van der Waals surface area (Å²) in [7, 11) is 4.45. The number of Topliss-reactive ketones (excluding diaryl/α,β-unsaturated/α-hetero) is 2. The monoisotopic (exact) mass is 1320 g/mol. The van der Waals surface area contributed by atoms with Gasteiger partial charge in [-0.15, -0.1) is 0 Å². The van der Waals surface area contributed by atoms with Crippen LogP contribution in [0.4, 0.5) is 0 Å². The van der Waals surface area contributed by atoms with E-state index in [-0.39, 0.29) is 114 Å². The van der Waals surface area contributed by atoms with Crippen molar-refractivity contribution in [2.75, 3.05) is 73.7 Å². The summed E-state index contributed by atoms with van der Waals surface area (Å²) in [6.07, 6.45) is 0.585. The summed E-state index contributed by atoms with van der Waals surface area (Å²) >= 11 is 0. The fraction of sp³-hybridized carbons (Fsp3) is 0.552. The Morgan fingerprint density at radius 3 is 1.78 bits per heavy atom. The Kier molecular flexibility index (Phi) is 34.4. The topological polar surface area (TPSA) is 443 Å². The van der Waals surface area contributed by atoms with Crippen LogP contribution in [0.1, 0.15) is 108 Å². The summed E-state index contributed by atoms with van der Waals surface area (Å²) in [5.41, 5.74) is 24.0. The Morgan fingerprint density at radius 1 is 0.621 bits per heavy atom. The Hall–Kier alpha value is -9.02. The molecule has 0 bridgehead atoms. The minimum absolute atomic E-state index is 0.0143. The molecule has 95 heavy (non-hydrogen) atoms. The SMILES string of the molecule is COCCOCCCNCCC(=O)N[C@@H](Cc1ccc(O)cc1)C(=O)C[C@@H](Cc1ccccc1)C(=O)N(C)[C@@H](CC(C)C)C(=O)C[C@@H](Cc1ccccc1)C(=O)N[C@@H](CCCNC(=N)N)C(=O)N1CCC[C@H]1C(=O)N(C)[C@@H](CCCNC(=N)N)C(=O)N[C@@H](CC(N)=O)C(N)=O. The first-order valence-corrected chi connectivity index (χ1v) is 32.5. The molecule has 17 N–H and O–H groups in total. The second kappa shape index (κ2) is 41.6. The number of nitrogens with one attached hydrogen (secondary N) is 8. The number of nitrogens with zero attached hydrogens (tertiary/aromatic N) is 3. The Bertz CT molecular complexity index is 3000. The Morgan fingerprint density at radius 2 is 1.20 bits per heavy atom. The maximum Gasteiger partial charge on any atom is 0.245 e. The molecule has 3 aromatic rings. The molecule has 522 valence electrons. The van der Waals surface area contributed by atoms with Crippen molar-refractivity contribution in [2.45, 2.75) is 146 Å². The number of ketones is 2. The standard InChI is InChI=1S/C67H101N15O13/c1-43(2)36-55(81(4)63(91)48(38-45-18-10-7-11-19-45)41-56(84)51(39-46-23-25-49(83)26-24-46)77-59(87)27-31-74-28-15-33-95-35-34-94-5)57(85)40-47(37-44-16-8-6-9-17-44)61(89)78-50(20-12-29-75-66(70)71)64(92)82-32-14-22-54(82)65(93)80(3)53(21-13-30-76-67(72)73)62(90)79-52(60(69)88)42-58(68)86/h6-11,16-19,23-26,43,47-48,50-55,74,83H,12-15,20-22,27-42H2,1-5H3,(H2,68,86)(H2,69,88)(H,77,87)(H,78,89)(H,79,90)(H4,70,71,75)(H4,72,73,76)/t47-,48-,50+,51+,52+,53+,54+,55+/m1/s1. The van der Waals surface area contributed by atoms with Crippen molar-refractivity contribution in [3.05, 3.63) is 102 Å². The third kappa shape index (κ3) is 28.2. The van der Waals surface area contributed by atoms with Crippen LogP contribution in [0.2, 0.25) is 0 Å². The number of methoxy groups -OCH3 is 1. The number of phenolic OH excluding ortho intramolecular Hbond substituents is 1. The molecule has 0 saturated carbocycles. The lowest BCUT2D eigenvalue weighted by Crippen LogP contribution is -2.58. The highest BCUT2D eigenvalue weighted by atomic mass is 16.5. The van der Waals surface area contributed by atoms with Gasteiger partial charge in [0.05, 0.1) is 31.7 Å². The summed E-state index contributed by atoms with van der Waals surface area (Å²) in [5, 5.41) is 42.2. The molecule has 0 unspecified atom stereocenters. The molecule has 4 rings (SSSR count). The van der Waals surface area contributed by atoms with Gasteiger partial charge < -0.3 is 84.1 Å². The zero-order valence-corrected chi connectivity index (χ0v) is 55.5. The first kappa shape index (κ1) is 78.4. The van der Waals surface area contributed by atoms with Gasteiger partial charge in [-0.2, -0.15) is 0 Å². The molecular formula is C67H101N15O13. The van der Waals surface area contributed by atoms with E-state index in [4.69, 9.17) is 43.2 Å². The molecule has 0 spiro atoms. The van der Waals surface area contributed by atoms with Gasteiger partial charge in [0.2, 0.25) is 47.3 Å². The number of rotatable bonds is 45. The van der Waals surface area contributed by atoms with Crippen LogP contribution in [0.3, 0.4) is 0 Å². The van der Waals surface area contributed by atoms with E-state index in [1.165, 1.54) is 36.0 Å². The number of carbonyl (C=O) groups excluding carboxylic acids is 10. The highest BCUT2D eigenvalue weighted by molar-refractivity contribution is 5.98. The third-order valence-corrected chi connectivity index (χ3v) is 16.4. The Balaban J connectivity index is 1.66. The maximum atomic E-state index is 15.3. The van der Waals surface area contributed by atoms with Crippen LogP contribution in [0.5, 0.6) is 5.75 Å². The van der Waals surface area contributed by atoms with Crippen molar-refractivity contribution in [1.29, 1.82) is 10.8 Å². The lowest BCUT2D eigenvalue weighted by Gasteiger charge is -2.35. The highest BCUT2D eigenvalue weighted by Crippen LogP contribution is 2.27. The molecule has 1 aliphatic heterocycles. The number of aromatic hydroxyl groups is 1. The van der Waals surface area contributed by atoms with Crippen LogP contribution in [0.25, 0.3) is 0 Å². The zero-order chi connectivity index (χ0) is 70.0. The van der Waals surface area contributed by atoms with E-state index in [1.54, 1.807) is 49.6 Å². The average molecular weight is 1320 g/mol. The van der Waals surface area contributed by atoms with Crippen molar-refractivity contribution in [2.24, 2.45) is 40.7 Å². The van der Waals surface area contributed by atoms with E-state index in [1.807, 2.05) is 44.2 Å². The lowest BCUT2D eigenvalue weighted by atomic mass is 9.86. The fourth-order valence-electron chi connectivity index (χ4n) is 11.4. The first-order chi connectivity index (χ1) is 45.3. The normalized spacial score (nSPS) is 15.0. The van der Waals surface area contributed by atoms with Crippen LogP contribution in [-0.2, 0) is 76.7 Å². The van der Waals surface area contributed by atoms with E-state index in [0.717, 1.165) is 10.5 Å². The van der Waals surface area contributed by atoms with Crippen molar-refractivity contribution < 1.29 is 62.5 Å². The summed E-state index contributed by atoms with van der Waals surface area (Å²) in [6.45, 7) is 6.48. The summed E-state index contributed by atoms with van der Waals surface area (Å²) in [6, 6.07) is 16.9. The van der Waals surface area contributed by atoms with Crippen molar-refractivity contribution in [1.82, 2.24) is 46.6 Å². The second-order valence-electron chi connectivity index (χ2n) is 24.5. The number of nitrogens with two attached hydrogens (primary N) is 4. The van der Waals surface area contributed by atoms with Crippen molar-refractivity contribution >= 4 is 70.7 Å². The van der Waals surface area contributed by atoms with Gasteiger partial charge in [-0.25, -0.2) is 0 Å². The number of amides is 8. The number of guanidine groups is 2. The van der Waals surface area contributed by atoms with Gasteiger partial charge in [0.15, 0.2) is 23.5 Å². The minimum atomic E-state index is -1.50. The van der Waals surface area contributed by atoms with Crippen LogP contribution in [-0.4, -0.2) is 201 Å². The van der Waals surface area contributed by atoms with Crippen LogP contribution < -0.4 is 54.8 Å². The van der Waals surface area contributed by atoms with Crippen molar-refractivity contribution in [3.63, 3.8) is 0 Å². The van der Waals surface area contributed by atoms with E-state index in [2.05, 4.69) is 31.9 Å². The number of hydrogen-bond donors (Lipinski definition) is 13. The molecule has 1 aliphatic rings. The van der Waals surface area contributed by atoms with Gasteiger partial charge in [0.25, 0.3) is 0 Å². The summed E-state index contributed by atoms with van der Waals surface area (Å²) in [5.74, 6) is -9.58. The number of likely N-dealkylation sites (N-methyl/N-ethyl adjacent to an activating group) is 2. The minimum Gasteiger partial charge on any atom is -0.508 e. The number of hydrogen-bond acceptors (Lipinski definition) is 16. The third-order valence-electron chi connectivity index (χ3n) is 16.4. The first-order valence-electron chi connectivity index (χ1n) is 32.5. The van der Waals surface area contributed by atoms with Gasteiger partial charge in [-0.05, 0) is 112 Å². The molecule has 8 atom stereocenters. The van der Waals surface area contributed by atoms with Crippen LogP contribution in [0, 0.1) is 28.6 Å². The van der Waals surface area contributed by atoms with Crippen LogP contribution in [0.15, 0.2) is 84.9 Å². The number of primary amides is 2. The molecule has 0 radical (unpaired) electrons. The highest BCUT2D eigenvalue weighted by Gasteiger charge is 2.43. The maximum absolute atomic E-state index is 15.3. The summed E-state index contributed by atoms with van der Waals surface area (Å²) in [4.78, 5) is 146. The molecular weight excluding hydrogens is 1220 g/mol. The lowest BCUT2D eigenvalue weighted by molar-refractivity contribution is -0.148. The molecule has 28 heteroatoms. The summed E-state index contributed by atoms with van der Waals surface area (Å²) < 4.78 is 10.5. The Labute approximate surface area is 556 Å². The van der Waals surface area contributed by atoms with Gasteiger partial charge in [-0.3, -0.25) is 58.8 Å². The molecule has 0 aromatic heterocycles.